The van der Waals surface area contributed by atoms with Crippen LogP contribution in [0.3, 0.4) is 0 Å². The van der Waals surface area contributed by atoms with Crippen LogP contribution in [0.1, 0.15) is 50.6 Å². The van der Waals surface area contributed by atoms with Crippen molar-refractivity contribution in [2.75, 3.05) is 5.32 Å². The molecule has 118 valence electrons. The van der Waals surface area contributed by atoms with Crippen molar-refractivity contribution < 1.29 is 0 Å². The summed E-state index contributed by atoms with van der Waals surface area (Å²) in [5.74, 6) is 2.23. The number of halogens is 1. The van der Waals surface area contributed by atoms with E-state index in [4.69, 9.17) is 22.3 Å². The maximum Gasteiger partial charge on any atom is 0.176 e. The first-order valence-electron chi connectivity index (χ1n) is 8.18. The molecule has 0 unspecified atom stereocenters. The Morgan fingerprint density at radius 1 is 1.36 bits per heavy atom. The third-order valence-electron chi connectivity index (χ3n) is 5.07. The molecule has 0 radical (unpaired) electrons. The fraction of sp³-hybridized carbons (Fsp3) is 0.625. The second-order valence-corrected chi connectivity index (χ2v) is 7.24. The second-order valence-electron chi connectivity index (χ2n) is 6.83. The first-order valence-corrected chi connectivity index (χ1v) is 8.56. The molecular weight excluding hydrogens is 298 g/mol. The Balaban J connectivity index is 1.71. The molecule has 0 amide bonds. The summed E-state index contributed by atoms with van der Waals surface area (Å²) in [5.41, 5.74) is 7.89. The Kier molecular flexibility index (Phi) is 3.50. The molecule has 0 spiro atoms. The minimum Gasteiger partial charge on any atom is -0.367 e. The van der Waals surface area contributed by atoms with Gasteiger partial charge in [0.25, 0.3) is 0 Å². The lowest BCUT2D eigenvalue weighted by Crippen LogP contribution is -2.22. The van der Waals surface area contributed by atoms with Gasteiger partial charge in [-0.15, -0.1) is 0 Å². The van der Waals surface area contributed by atoms with E-state index in [0.29, 0.717) is 23.0 Å². The van der Waals surface area contributed by atoms with Crippen molar-refractivity contribution >= 4 is 23.1 Å². The van der Waals surface area contributed by atoms with Gasteiger partial charge in [0.05, 0.1) is 6.20 Å². The lowest BCUT2D eigenvalue weighted by Gasteiger charge is -2.17. The lowest BCUT2D eigenvalue weighted by atomic mass is 10.0. The molecule has 22 heavy (non-hydrogen) atoms. The smallest absolute Gasteiger partial charge is 0.176 e. The van der Waals surface area contributed by atoms with Gasteiger partial charge in [0.15, 0.2) is 5.65 Å². The van der Waals surface area contributed by atoms with Gasteiger partial charge in [-0.25, -0.2) is 4.98 Å². The first-order chi connectivity index (χ1) is 10.6. The monoisotopic (exact) mass is 319 g/mol. The van der Waals surface area contributed by atoms with Crippen LogP contribution in [0.4, 0.5) is 5.82 Å². The highest BCUT2D eigenvalue weighted by Gasteiger charge is 2.31. The molecule has 2 fully saturated rings. The van der Waals surface area contributed by atoms with Crippen molar-refractivity contribution in [1.82, 2.24) is 14.6 Å². The third-order valence-corrected chi connectivity index (χ3v) is 5.34. The van der Waals surface area contributed by atoms with Crippen LogP contribution in [0.15, 0.2) is 12.3 Å². The molecule has 2 aliphatic carbocycles. The first kappa shape index (κ1) is 14.3. The quantitative estimate of drug-likeness (QED) is 0.908. The van der Waals surface area contributed by atoms with Crippen LogP contribution < -0.4 is 11.1 Å². The molecule has 2 aromatic heterocycles. The highest BCUT2D eigenvalue weighted by atomic mass is 35.5. The molecule has 6 heteroatoms. The fourth-order valence-corrected chi connectivity index (χ4v) is 3.65. The van der Waals surface area contributed by atoms with Crippen LogP contribution in [-0.2, 0) is 0 Å². The molecule has 3 atom stereocenters. The Morgan fingerprint density at radius 2 is 2.18 bits per heavy atom. The third kappa shape index (κ3) is 2.57. The Labute approximate surface area is 135 Å². The minimum atomic E-state index is 0.306. The number of rotatable bonds is 4. The summed E-state index contributed by atoms with van der Waals surface area (Å²) < 4.78 is 1.81. The van der Waals surface area contributed by atoms with Gasteiger partial charge >= 0.3 is 0 Å². The Bertz CT molecular complexity index is 693. The van der Waals surface area contributed by atoms with Crippen LogP contribution >= 0.6 is 11.6 Å². The minimum absolute atomic E-state index is 0.306. The second kappa shape index (κ2) is 5.39. The van der Waals surface area contributed by atoms with Crippen molar-refractivity contribution in [3.05, 3.63) is 23.0 Å². The van der Waals surface area contributed by atoms with Crippen molar-refractivity contribution in [2.24, 2.45) is 11.7 Å². The van der Waals surface area contributed by atoms with E-state index in [0.717, 1.165) is 42.3 Å². The molecule has 0 aromatic carbocycles. The molecule has 2 aromatic rings. The van der Waals surface area contributed by atoms with Crippen LogP contribution in [0.25, 0.3) is 5.65 Å². The summed E-state index contributed by atoms with van der Waals surface area (Å²) >= 11 is 6.26. The fourth-order valence-electron chi connectivity index (χ4n) is 3.49. The van der Waals surface area contributed by atoms with Crippen LogP contribution in [0.5, 0.6) is 0 Å². The maximum absolute atomic E-state index is 6.26. The van der Waals surface area contributed by atoms with E-state index in [1.54, 1.807) is 6.20 Å². The Morgan fingerprint density at radius 3 is 2.86 bits per heavy atom. The van der Waals surface area contributed by atoms with Gasteiger partial charge in [0.1, 0.15) is 10.8 Å². The standard InChI is InChI=1S/C16H22ClN5/c1-9(10-2-3-10)14-7-15(20-12-5-4-11(18)6-12)22-16(21-14)13(17)8-19-22/h7-12,20H,2-6,18H2,1H3/t9-,11+,12+/m1/s1. The normalized spacial score (nSPS) is 26.5. The molecule has 2 aliphatic rings. The molecule has 5 nitrogen and oxygen atoms in total. The van der Waals surface area contributed by atoms with Crippen molar-refractivity contribution in [1.29, 1.82) is 0 Å². The zero-order chi connectivity index (χ0) is 15.3. The van der Waals surface area contributed by atoms with Gasteiger partial charge in [0, 0.05) is 29.8 Å². The molecule has 0 bridgehead atoms. The van der Waals surface area contributed by atoms with E-state index < -0.39 is 0 Å². The summed E-state index contributed by atoms with van der Waals surface area (Å²) in [4.78, 5) is 4.75. The summed E-state index contributed by atoms with van der Waals surface area (Å²) in [5, 5.41) is 8.58. The largest absolute Gasteiger partial charge is 0.367 e. The average Bonchev–Trinajstić information content (AvgIpc) is 3.18. The average molecular weight is 320 g/mol. The van der Waals surface area contributed by atoms with Gasteiger partial charge in [-0.05, 0) is 38.0 Å². The topological polar surface area (TPSA) is 68.2 Å². The SMILES string of the molecule is C[C@@H](c1cc(N[C@H]2CC[C@H](N)C2)n2ncc(Cl)c2n1)C1CC1. The highest BCUT2D eigenvalue weighted by molar-refractivity contribution is 6.33. The van der Waals surface area contributed by atoms with Crippen LogP contribution in [-0.4, -0.2) is 26.7 Å². The number of anilines is 1. The van der Waals surface area contributed by atoms with Crippen LogP contribution in [0.2, 0.25) is 5.02 Å². The van der Waals surface area contributed by atoms with Gasteiger partial charge in [-0.3, -0.25) is 0 Å². The zero-order valence-corrected chi connectivity index (χ0v) is 13.6. The number of hydrogen-bond acceptors (Lipinski definition) is 4. The van der Waals surface area contributed by atoms with Crippen LogP contribution in [0, 0.1) is 5.92 Å². The van der Waals surface area contributed by atoms with E-state index in [1.165, 1.54) is 12.8 Å². The van der Waals surface area contributed by atoms with E-state index in [-0.39, 0.29) is 0 Å². The van der Waals surface area contributed by atoms with E-state index in [9.17, 15) is 0 Å². The lowest BCUT2D eigenvalue weighted by molar-refractivity contribution is 0.641. The number of nitrogens with two attached hydrogens (primary N) is 1. The molecular formula is C16H22ClN5. The molecule has 3 N–H and O–H groups in total. The summed E-state index contributed by atoms with van der Waals surface area (Å²) in [6.07, 6.45) is 7.47. The summed E-state index contributed by atoms with van der Waals surface area (Å²) in [7, 11) is 0. The maximum atomic E-state index is 6.26. The number of nitrogens with zero attached hydrogens (tertiary/aromatic N) is 3. The van der Waals surface area contributed by atoms with Gasteiger partial charge < -0.3 is 11.1 Å². The van der Waals surface area contributed by atoms with Gasteiger partial charge in [-0.1, -0.05) is 18.5 Å². The molecule has 2 saturated carbocycles. The predicted octanol–water partition coefficient (Wildman–Crippen LogP) is 3.19. The van der Waals surface area contributed by atoms with E-state index in [2.05, 4.69) is 23.4 Å². The predicted molar refractivity (Wildman–Crippen MR) is 88.4 cm³/mol. The number of aromatic nitrogens is 3. The molecule has 4 rings (SSSR count). The molecule has 0 aliphatic heterocycles. The summed E-state index contributed by atoms with van der Waals surface area (Å²) in [6.45, 7) is 2.26. The van der Waals surface area contributed by atoms with Crippen molar-refractivity contribution in [2.45, 2.75) is 57.0 Å². The summed E-state index contributed by atoms with van der Waals surface area (Å²) in [6, 6.07) is 2.86. The number of hydrogen-bond donors (Lipinski definition) is 2. The zero-order valence-electron chi connectivity index (χ0n) is 12.8. The number of nitrogens with one attached hydrogen (secondary N) is 1. The van der Waals surface area contributed by atoms with Crippen molar-refractivity contribution in [3.63, 3.8) is 0 Å². The molecule has 2 heterocycles. The Hall–Kier alpha value is -1.33. The van der Waals surface area contributed by atoms with Crippen molar-refractivity contribution in [3.8, 4) is 0 Å². The van der Waals surface area contributed by atoms with E-state index in [1.807, 2.05) is 4.52 Å². The molecule has 0 saturated heterocycles. The highest BCUT2D eigenvalue weighted by Crippen LogP contribution is 2.42. The van der Waals surface area contributed by atoms with E-state index >= 15 is 0 Å². The van der Waals surface area contributed by atoms with Gasteiger partial charge in [0.2, 0.25) is 0 Å². The van der Waals surface area contributed by atoms with Gasteiger partial charge in [-0.2, -0.15) is 9.61 Å². The number of fused-ring (bicyclic) bond motifs is 1.